The lowest BCUT2D eigenvalue weighted by molar-refractivity contribution is -0.115. The fourth-order valence-electron chi connectivity index (χ4n) is 2.86. The van der Waals surface area contributed by atoms with Crippen LogP contribution in [-0.4, -0.2) is 48.1 Å². The average molecular weight is 352 g/mol. The summed E-state index contributed by atoms with van der Waals surface area (Å²) in [5, 5.41) is 0.406. The Hall–Kier alpha value is -1.67. The maximum absolute atomic E-state index is 11.9. The molecular formula is C15H16N2O4S2. The number of aliphatic imine (C=N–C) groups is 1. The number of amides is 1. The second kappa shape index (κ2) is 5.76. The molecule has 1 amide bonds. The highest BCUT2D eigenvalue weighted by molar-refractivity contribution is 8.16. The zero-order chi connectivity index (χ0) is 16.8. The molecule has 0 N–H and O–H groups in total. The Labute approximate surface area is 138 Å². The number of thioether (sulfide) groups is 1. The highest BCUT2D eigenvalue weighted by Crippen LogP contribution is 2.40. The number of carbonyl (C=O) groups excluding carboxylic acids is 2. The van der Waals surface area contributed by atoms with Crippen molar-refractivity contribution >= 4 is 44.1 Å². The number of ketones is 1. The number of Topliss-reactive ketones (excluding diaryl/α,β-unsaturated/α-hetero) is 1. The largest absolute Gasteiger partial charge is 0.316 e. The normalized spacial score (nSPS) is 27.2. The number of benzene rings is 1. The summed E-state index contributed by atoms with van der Waals surface area (Å²) in [6.07, 6.45) is 0. The van der Waals surface area contributed by atoms with Crippen molar-refractivity contribution in [3.8, 4) is 0 Å². The molecule has 8 heteroatoms. The Bertz CT molecular complexity index is 799. The van der Waals surface area contributed by atoms with Crippen LogP contribution in [0.1, 0.15) is 24.2 Å². The molecule has 1 aromatic rings. The van der Waals surface area contributed by atoms with Crippen molar-refractivity contribution in [2.75, 3.05) is 16.4 Å². The molecule has 2 aliphatic heterocycles. The Kier molecular flexibility index (Phi) is 4.05. The lowest BCUT2D eigenvalue weighted by Gasteiger charge is -2.24. The number of sulfone groups is 1. The van der Waals surface area contributed by atoms with Crippen LogP contribution in [0.4, 0.5) is 5.69 Å². The summed E-state index contributed by atoms with van der Waals surface area (Å²) in [4.78, 5) is 28.6. The molecule has 2 saturated heterocycles. The van der Waals surface area contributed by atoms with Gasteiger partial charge in [0, 0.05) is 23.4 Å². The van der Waals surface area contributed by atoms with Crippen molar-refractivity contribution < 1.29 is 18.0 Å². The van der Waals surface area contributed by atoms with Crippen LogP contribution in [0.15, 0.2) is 29.3 Å². The lowest BCUT2D eigenvalue weighted by Crippen LogP contribution is -2.37. The van der Waals surface area contributed by atoms with E-state index in [1.807, 2.05) is 4.90 Å². The number of fused-ring (bicyclic) bond motifs is 1. The van der Waals surface area contributed by atoms with Crippen molar-refractivity contribution in [2.24, 2.45) is 4.99 Å². The molecule has 2 heterocycles. The summed E-state index contributed by atoms with van der Waals surface area (Å²) in [5.74, 6) is -0.205. The van der Waals surface area contributed by atoms with Crippen LogP contribution < -0.4 is 4.90 Å². The summed E-state index contributed by atoms with van der Waals surface area (Å²) < 4.78 is 23.8. The third-order valence-corrected chi connectivity index (χ3v) is 7.08. The first kappa shape index (κ1) is 16.2. The first-order valence-corrected chi connectivity index (χ1v) is 9.83. The van der Waals surface area contributed by atoms with Gasteiger partial charge in [-0.3, -0.25) is 9.59 Å². The number of nitrogens with zero attached hydrogens (tertiary/aromatic N) is 2. The van der Waals surface area contributed by atoms with E-state index < -0.39 is 9.84 Å². The number of hydrogen-bond donors (Lipinski definition) is 0. The van der Waals surface area contributed by atoms with E-state index >= 15 is 0 Å². The van der Waals surface area contributed by atoms with Gasteiger partial charge in [-0.05, 0) is 31.2 Å². The van der Waals surface area contributed by atoms with Crippen molar-refractivity contribution in [3.05, 3.63) is 29.8 Å². The molecule has 1 aromatic carbocycles. The van der Waals surface area contributed by atoms with Crippen LogP contribution in [0.2, 0.25) is 0 Å². The second-order valence-electron chi connectivity index (χ2n) is 5.69. The minimum Gasteiger partial charge on any atom is -0.316 e. The fourth-order valence-corrected chi connectivity index (χ4v) is 6.82. The van der Waals surface area contributed by atoms with Gasteiger partial charge in [-0.25, -0.2) is 8.42 Å². The van der Waals surface area contributed by atoms with Gasteiger partial charge >= 0.3 is 0 Å². The second-order valence-corrected chi connectivity index (χ2v) is 9.05. The van der Waals surface area contributed by atoms with Gasteiger partial charge in [-0.15, -0.1) is 0 Å². The van der Waals surface area contributed by atoms with Crippen molar-refractivity contribution in [2.45, 2.75) is 25.1 Å². The standard InChI is InChI=1S/C15H16N2O4S2/c1-9(18)11-3-5-12(6-4-11)17-13-7-23(20,21)8-14(13)22-15(17)16-10(2)19/h3-6,13-14H,7-8H2,1-2H3/t13-,14+/m0/s1. The molecule has 2 atom stereocenters. The fraction of sp³-hybridized carbons (Fsp3) is 0.400. The van der Waals surface area contributed by atoms with Gasteiger partial charge in [0.05, 0.1) is 17.5 Å². The lowest BCUT2D eigenvalue weighted by atomic mass is 10.1. The topological polar surface area (TPSA) is 83.9 Å². The maximum Gasteiger partial charge on any atom is 0.244 e. The van der Waals surface area contributed by atoms with Crippen LogP contribution in [0, 0.1) is 0 Å². The van der Waals surface area contributed by atoms with E-state index in [-0.39, 0.29) is 34.5 Å². The Morgan fingerprint density at radius 1 is 1.17 bits per heavy atom. The van der Waals surface area contributed by atoms with E-state index in [1.54, 1.807) is 24.3 Å². The van der Waals surface area contributed by atoms with Gasteiger partial charge in [0.1, 0.15) is 0 Å². The molecule has 3 rings (SSSR count). The van der Waals surface area contributed by atoms with E-state index in [1.165, 1.54) is 25.6 Å². The molecular weight excluding hydrogens is 336 g/mol. The van der Waals surface area contributed by atoms with E-state index in [0.717, 1.165) is 5.69 Å². The number of rotatable bonds is 2. The van der Waals surface area contributed by atoms with Crippen molar-refractivity contribution in [3.63, 3.8) is 0 Å². The van der Waals surface area contributed by atoms with Gasteiger partial charge in [0.25, 0.3) is 0 Å². The summed E-state index contributed by atoms with van der Waals surface area (Å²) in [6.45, 7) is 2.86. The molecule has 0 aliphatic carbocycles. The molecule has 2 aliphatic rings. The Balaban J connectivity index is 2.00. The van der Waals surface area contributed by atoms with E-state index in [0.29, 0.717) is 10.7 Å². The molecule has 6 nitrogen and oxygen atoms in total. The number of hydrogen-bond acceptors (Lipinski definition) is 5. The van der Waals surface area contributed by atoms with Gasteiger partial charge in [0.15, 0.2) is 20.8 Å². The van der Waals surface area contributed by atoms with Crippen LogP contribution in [-0.2, 0) is 14.6 Å². The first-order chi connectivity index (χ1) is 10.8. The first-order valence-electron chi connectivity index (χ1n) is 7.13. The summed E-state index contributed by atoms with van der Waals surface area (Å²) in [5.41, 5.74) is 1.33. The van der Waals surface area contributed by atoms with Gasteiger partial charge in [-0.2, -0.15) is 4.99 Å². The van der Waals surface area contributed by atoms with E-state index in [2.05, 4.69) is 4.99 Å². The monoisotopic (exact) mass is 352 g/mol. The number of amidine groups is 1. The summed E-state index contributed by atoms with van der Waals surface area (Å²) in [6, 6.07) is 6.70. The minimum absolute atomic E-state index is 0.0358. The van der Waals surface area contributed by atoms with Gasteiger partial charge in [-0.1, -0.05) is 11.8 Å². The Morgan fingerprint density at radius 2 is 1.83 bits per heavy atom. The minimum atomic E-state index is -3.08. The maximum atomic E-state index is 11.9. The molecule has 0 radical (unpaired) electrons. The molecule has 0 spiro atoms. The predicted octanol–water partition coefficient (Wildman–Crippen LogP) is 1.51. The Morgan fingerprint density at radius 3 is 2.39 bits per heavy atom. The zero-order valence-corrected chi connectivity index (χ0v) is 14.4. The highest BCUT2D eigenvalue weighted by atomic mass is 32.2. The molecule has 0 unspecified atom stereocenters. The van der Waals surface area contributed by atoms with Gasteiger partial charge in [0.2, 0.25) is 5.91 Å². The zero-order valence-electron chi connectivity index (χ0n) is 12.7. The molecule has 23 heavy (non-hydrogen) atoms. The number of carbonyl (C=O) groups is 2. The van der Waals surface area contributed by atoms with Crippen LogP contribution in [0.5, 0.6) is 0 Å². The van der Waals surface area contributed by atoms with Crippen molar-refractivity contribution in [1.29, 1.82) is 0 Å². The molecule has 0 aromatic heterocycles. The summed E-state index contributed by atoms with van der Waals surface area (Å²) in [7, 11) is -3.08. The highest BCUT2D eigenvalue weighted by Gasteiger charge is 2.49. The molecule has 2 fully saturated rings. The van der Waals surface area contributed by atoms with E-state index in [4.69, 9.17) is 0 Å². The molecule has 0 saturated carbocycles. The average Bonchev–Trinajstić information content (AvgIpc) is 2.89. The smallest absolute Gasteiger partial charge is 0.244 e. The third kappa shape index (κ3) is 3.18. The number of anilines is 1. The van der Waals surface area contributed by atoms with E-state index in [9.17, 15) is 18.0 Å². The van der Waals surface area contributed by atoms with Crippen LogP contribution in [0.25, 0.3) is 0 Å². The summed E-state index contributed by atoms with van der Waals surface area (Å²) >= 11 is 1.33. The van der Waals surface area contributed by atoms with Crippen LogP contribution in [0.3, 0.4) is 0 Å². The molecule has 122 valence electrons. The van der Waals surface area contributed by atoms with Crippen LogP contribution >= 0.6 is 11.8 Å². The van der Waals surface area contributed by atoms with Gasteiger partial charge < -0.3 is 4.90 Å². The van der Waals surface area contributed by atoms with Crippen molar-refractivity contribution in [1.82, 2.24) is 0 Å². The SMILES string of the molecule is CC(=O)N=C1S[C@@H]2CS(=O)(=O)C[C@@H]2N1c1ccc(C(C)=O)cc1. The quantitative estimate of drug-likeness (QED) is 0.750. The third-order valence-electron chi connectivity index (χ3n) is 3.87. The predicted molar refractivity (Wildman–Crippen MR) is 90.9 cm³/mol. The molecule has 0 bridgehead atoms.